The summed E-state index contributed by atoms with van der Waals surface area (Å²) < 4.78 is 37.5. The first-order valence-electron chi connectivity index (χ1n) is 6.57. The van der Waals surface area contributed by atoms with E-state index in [0.29, 0.717) is 25.6 Å². The Bertz CT molecular complexity index is 535. The van der Waals surface area contributed by atoms with Crippen LogP contribution in [0.4, 0.5) is 19.1 Å². The Morgan fingerprint density at radius 3 is 2.82 bits per heavy atom. The van der Waals surface area contributed by atoms with Gasteiger partial charge in [-0.1, -0.05) is 5.92 Å². The highest BCUT2D eigenvalue weighted by Crippen LogP contribution is 2.27. The van der Waals surface area contributed by atoms with E-state index in [-0.39, 0.29) is 12.5 Å². The summed E-state index contributed by atoms with van der Waals surface area (Å²) in [4.78, 5) is 11.3. The Kier molecular flexibility index (Phi) is 6.95. The summed E-state index contributed by atoms with van der Waals surface area (Å²) in [6.07, 6.45) is 1.70. The zero-order chi connectivity index (χ0) is 16.4. The van der Waals surface area contributed by atoms with E-state index in [1.165, 1.54) is 0 Å². The summed E-state index contributed by atoms with van der Waals surface area (Å²) in [5, 5.41) is 8.56. The standard InChI is InChI=1S/C13H17F3N6/c1-3-6-18-11(17-4-2)20-8-9-21-12-19-7-5-10(22-12)13(14,15)16/h1,5,7H,4,6,8-9H2,2H3,(H2,17,18,20)(H,19,21,22). The maximum Gasteiger partial charge on any atom is 0.433 e. The molecule has 22 heavy (non-hydrogen) atoms. The normalized spacial score (nSPS) is 11.7. The number of nitrogens with one attached hydrogen (secondary N) is 3. The van der Waals surface area contributed by atoms with Gasteiger partial charge in [-0.05, 0) is 13.0 Å². The summed E-state index contributed by atoms with van der Waals surface area (Å²) in [5.74, 6) is 2.86. The third-order valence-electron chi connectivity index (χ3n) is 2.31. The lowest BCUT2D eigenvalue weighted by Crippen LogP contribution is -2.37. The lowest BCUT2D eigenvalue weighted by Gasteiger charge is -2.10. The van der Waals surface area contributed by atoms with Crippen LogP contribution < -0.4 is 16.0 Å². The fourth-order valence-electron chi connectivity index (χ4n) is 1.41. The number of rotatable bonds is 6. The summed E-state index contributed by atoms with van der Waals surface area (Å²) in [6, 6.07) is 0.816. The molecule has 1 aromatic rings. The van der Waals surface area contributed by atoms with E-state index in [2.05, 4.69) is 36.8 Å². The van der Waals surface area contributed by atoms with E-state index < -0.39 is 11.9 Å². The van der Waals surface area contributed by atoms with Gasteiger partial charge in [0.2, 0.25) is 5.95 Å². The van der Waals surface area contributed by atoms with E-state index in [1.807, 2.05) is 6.92 Å². The number of guanidine groups is 1. The topological polar surface area (TPSA) is 74.2 Å². The largest absolute Gasteiger partial charge is 0.433 e. The highest BCUT2D eigenvalue weighted by Gasteiger charge is 2.32. The number of halogens is 3. The number of hydrogen-bond donors (Lipinski definition) is 3. The molecule has 0 atom stereocenters. The maximum atomic E-state index is 12.5. The first-order chi connectivity index (χ1) is 10.5. The highest BCUT2D eigenvalue weighted by atomic mass is 19.4. The third kappa shape index (κ3) is 6.30. The van der Waals surface area contributed by atoms with E-state index >= 15 is 0 Å². The van der Waals surface area contributed by atoms with Gasteiger partial charge in [-0.2, -0.15) is 13.2 Å². The third-order valence-corrected chi connectivity index (χ3v) is 2.31. The molecule has 0 saturated heterocycles. The minimum Gasteiger partial charge on any atom is -0.357 e. The second kappa shape index (κ2) is 8.71. The lowest BCUT2D eigenvalue weighted by molar-refractivity contribution is -0.141. The van der Waals surface area contributed by atoms with Gasteiger partial charge in [0.1, 0.15) is 5.69 Å². The van der Waals surface area contributed by atoms with Gasteiger partial charge in [0.25, 0.3) is 0 Å². The summed E-state index contributed by atoms with van der Waals surface area (Å²) >= 11 is 0. The number of anilines is 1. The highest BCUT2D eigenvalue weighted by molar-refractivity contribution is 5.79. The predicted octanol–water partition coefficient (Wildman–Crippen LogP) is 1.10. The number of aliphatic imine (C=N–C) groups is 1. The maximum absolute atomic E-state index is 12.5. The molecule has 9 heteroatoms. The van der Waals surface area contributed by atoms with Crippen molar-refractivity contribution in [2.45, 2.75) is 13.1 Å². The fourth-order valence-corrected chi connectivity index (χ4v) is 1.41. The Hall–Kier alpha value is -2.50. The van der Waals surface area contributed by atoms with Gasteiger partial charge in [0, 0.05) is 19.3 Å². The molecule has 0 aromatic carbocycles. The molecule has 1 aromatic heterocycles. The number of terminal acetylenes is 1. The molecule has 0 unspecified atom stereocenters. The average Bonchev–Trinajstić information content (AvgIpc) is 2.48. The molecule has 0 aliphatic heterocycles. The monoisotopic (exact) mass is 314 g/mol. The van der Waals surface area contributed by atoms with E-state index in [1.54, 1.807) is 0 Å². The molecule has 0 aliphatic rings. The number of alkyl halides is 3. The molecule has 0 saturated carbocycles. The first-order valence-corrected chi connectivity index (χ1v) is 6.57. The average molecular weight is 314 g/mol. The van der Waals surface area contributed by atoms with Gasteiger partial charge >= 0.3 is 6.18 Å². The molecule has 6 nitrogen and oxygen atoms in total. The van der Waals surface area contributed by atoms with Gasteiger partial charge in [0.05, 0.1) is 13.1 Å². The van der Waals surface area contributed by atoms with Crippen molar-refractivity contribution in [1.29, 1.82) is 0 Å². The molecular weight excluding hydrogens is 297 g/mol. The molecule has 1 rings (SSSR count). The lowest BCUT2D eigenvalue weighted by atomic mass is 10.4. The Morgan fingerprint density at radius 1 is 1.41 bits per heavy atom. The second-order valence-corrected chi connectivity index (χ2v) is 4.01. The summed E-state index contributed by atoms with van der Waals surface area (Å²) in [5.41, 5.74) is -0.988. The van der Waals surface area contributed by atoms with Gasteiger partial charge in [-0.3, -0.25) is 4.99 Å². The van der Waals surface area contributed by atoms with Crippen LogP contribution in [0.15, 0.2) is 17.3 Å². The van der Waals surface area contributed by atoms with Crippen molar-refractivity contribution < 1.29 is 13.2 Å². The second-order valence-electron chi connectivity index (χ2n) is 4.01. The quantitative estimate of drug-likeness (QED) is 0.317. The van der Waals surface area contributed by atoms with Crippen molar-refractivity contribution in [3.8, 4) is 12.3 Å². The molecule has 0 radical (unpaired) electrons. The van der Waals surface area contributed by atoms with Gasteiger partial charge < -0.3 is 16.0 Å². The van der Waals surface area contributed by atoms with Crippen molar-refractivity contribution in [2.24, 2.45) is 4.99 Å². The molecule has 3 N–H and O–H groups in total. The molecule has 0 spiro atoms. The van der Waals surface area contributed by atoms with E-state index in [9.17, 15) is 13.2 Å². The SMILES string of the molecule is C#CCNC(=NCCNc1nccc(C(F)(F)F)n1)NCC. The number of hydrogen-bond acceptors (Lipinski definition) is 4. The van der Waals surface area contributed by atoms with Crippen LogP contribution in [-0.2, 0) is 6.18 Å². The van der Waals surface area contributed by atoms with Crippen LogP contribution in [0.5, 0.6) is 0 Å². The zero-order valence-electron chi connectivity index (χ0n) is 12.0. The van der Waals surface area contributed by atoms with Crippen LogP contribution in [-0.4, -0.2) is 42.1 Å². The van der Waals surface area contributed by atoms with Gasteiger partial charge in [0.15, 0.2) is 5.96 Å². The van der Waals surface area contributed by atoms with Gasteiger partial charge in [-0.25, -0.2) is 9.97 Å². The van der Waals surface area contributed by atoms with Crippen LogP contribution in [0.1, 0.15) is 12.6 Å². The van der Waals surface area contributed by atoms with Crippen LogP contribution in [0.25, 0.3) is 0 Å². The van der Waals surface area contributed by atoms with E-state index in [0.717, 1.165) is 12.3 Å². The molecule has 0 aliphatic carbocycles. The predicted molar refractivity (Wildman–Crippen MR) is 78.3 cm³/mol. The minimum absolute atomic E-state index is 0.0911. The first kappa shape index (κ1) is 17.6. The molecule has 1 heterocycles. The van der Waals surface area contributed by atoms with Crippen molar-refractivity contribution in [2.75, 3.05) is 31.5 Å². The van der Waals surface area contributed by atoms with Crippen LogP contribution in [0, 0.1) is 12.3 Å². The van der Waals surface area contributed by atoms with Crippen LogP contribution in [0.3, 0.4) is 0 Å². The van der Waals surface area contributed by atoms with Crippen molar-refractivity contribution in [1.82, 2.24) is 20.6 Å². The molecule has 0 fully saturated rings. The van der Waals surface area contributed by atoms with Gasteiger partial charge in [-0.15, -0.1) is 6.42 Å². The van der Waals surface area contributed by atoms with Crippen LogP contribution in [0.2, 0.25) is 0 Å². The van der Waals surface area contributed by atoms with Crippen molar-refractivity contribution >= 4 is 11.9 Å². The van der Waals surface area contributed by atoms with Crippen LogP contribution >= 0.6 is 0 Å². The fraction of sp³-hybridized carbons (Fsp3) is 0.462. The van der Waals surface area contributed by atoms with E-state index in [4.69, 9.17) is 6.42 Å². The Balaban J connectivity index is 2.51. The number of nitrogens with zero attached hydrogens (tertiary/aromatic N) is 3. The Labute approximate surface area is 126 Å². The van der Waals surface area contributed by atoms with Crippen molar-refractivity contribution in [3.63, 3.8) is 0 Å². The zero-order valence-corrected chi connectivity index (χ0v) is 12.0. The molecule has 0 amide bonds. The molecule has 120 valence electrons. The minimum atomic E-state index is -4.49. The Morgan fingerprint density at radius 2 is 2.18 bits per heavy atom. The van der Waals surface area contributed by atoms with Crippen molar-refractivity contribution in [3.05, 3.63) is 18.0 Å². The summed E-state index contributed by atoms with van der Waals surface area (Å²) in [6.45, 7) is 3.51. The summed E-state index contributed by atoms with van der Waals surface area (Å²) in [7, 11) is 0. The molecular formula is C13H17F3N6. The number of aromatic nitrogens is 2. The smallest absolute Gasteiger partial charge is 0.357 e. The molecule has 0 bridgehead atoms.